The number of aromatic hydroxyl groups is 1. The first kappa shape index (κ1) is 17.5. The van der Waals surface area contributed by atoms with Crippen LogP contribution in [0.5, 0.6) is 17.2 Å². The summed E-state index contributed by atoms with van der Waals surface area (Å²) in [4.78, 5) is 23.3. The first-order valence-electron chi connectivity index (χ1n) is 7.95. The second kappa shape index (κ2) is 6.87. The van der Waals surface area contributed by atoms with Crippen LogP contribution in [0.15, 0.2) is 35.9 Å². The smallest absolute Gasteiger partial charge is 0.315 e. The van der Waals surface area contributed by atoms with E-state index in [-0.39, 0.29) is 11.5 Å². The zero-order chi connectivity index (χ0) is 18.8. The molecule has 0 radical (unpaired) electrons. The number of phenolic OH excluding ortho intramolecular Hbond substituents is 1. The number of rotatable bonds is 3. The average molecular weight is 355 g/mol. The van der Waals surface area contributed by atoms with Crippen LogP contribution in [-0.2, 0) is 0 Å². The van der Waals surface area contributed by atoms with Crippen LogP contribution >= 0.6 is 0 Å². The van der Waals surface area contributed by atoms with Gasteiger partial charge in [-0.2, -0.15) is 0 Å². The van der Waals surface area contributed by atoms with Gasteiger partial charge in [0.25, 0.3) is 0 Å². The molecular formula is C19H17NO6. The average Bonchev–Trinajstić information content (AvgIpc) is 2.77. The first-order chi connectivity index (χ1) is 12.4. The molecule has 0 aromatic heterocycles. The summed E-state index contributed by atoms with van der Waals surface area (Å²) in [5.74, 6) is -0.193. The molecule has 0 fully saturated rings. The second-order valence-corrected chi connectivity index (χ2v) is 5.90. The molecule has 134 valence electrons. The molecule has 7 nitrogen and oxygen atoms in total. The highest BCUT2D eigenvalue weighted by Gasteiger charge is 2.24. The summed E-state index contributed by atoms with van der Waals surface area (Å²) < 4.78 is 10.7. The lowest BCUT2D eigenvalue weighted by atomic mass is 9.97. The van der Waals surface area contributed by atoms with Crippen molar-refractivity contribution in [1.29, 1.82) is 0 Å². The lowest BCUT2D eigenvalue weighted by Crippen LogP contribution is -2.02. The van der Waals surface area contributed by atoms with Gasteiger partial charge >= 0.3 is 5.69 Å². The van der Waals surface area contributed by atoms with Crippen molar-refractivity contribution in [3.8, 4) is 17.2 Å². The van der Waals surface area contributed by atoms with Gasteiger partial charge in [0.15, 0.2) is 11.5 Å². The van der Waals surface area contributed by atoms with Crippen LogP contribution in [-0.4, -0.2) is 29.5 Å². The molecule has 0 bridgehead atoms. The Hall–Kier alpha value is -3.35. The highest BCUT2D eigenvalue weighted by atomic mass is 16.6. The maximum atomic E-state index is 12.9. The molecule has 2 aromatic rings. The number of carbonyl (C=O) groups excluding carboxylic acids is 1. The summed E-state index contributed by atoms with van der Waals surface area (Å²) >= 11 is 0. The number of nitro groups is 1. The van der Waals surface area contributed by atoms with Gasteiger partial charge in [-0.25, -0.2) is 0 Å². The van der Waals surface area contributed by atoms with Gasteiger partial charge in [0.2, 0.25) is 5.75 Å². The minimum atomic E-state index is -0.698. The van der Waals surface area contributed by atoms with Gasteiger partial charge in [-0.05, 0) is 36.3 Å². The van der Waals surface area contributed by atoms with Gasteiger partial charge < -0.3 is 14.6 Å². The number of ether oxygens (including phenoxy) is 2. The third-order valence-electron chi connectivity index (χ3n) is 4.20. The van der Waals surface area contributed by atoms with E-state index in [0.29, 0.717) is 35.5 Å². The van der Waals surface area contributed by atoms with Gasteiger partial charge in [0.05, 0.1) is 24.2 Å². The molecule has 0 saturated carbocycles. The van der Waals surface area contributed by atoms with Gasteiger partial charge in [0.1, 0.15) is 5.75 Å². The number of carbonyl (C=O) groups is 1. The number of nitro benzene ring substituents is 1. The monoisotopic (exact) mass is 355 g/mol. The van der Waals surface area contributed by atoms with Gasteiger partial charge in [-0.3, -0.25) is 14.9 Å². The number of nitrogens with zero attached hydrogens (tertiary/aromatic N) is 1. The number of methoxy groups -OCH3 is 1. The van der Waals surface area contributed by atoms with E-state index >= 15 is 0 Å². The summed E-state index contributed by atoms with van der Waals surface area (Å²) in [5.41, 5.74) is 1.72. The predicted octanol–water partition coefficient (Wildman–Crippen LogP) is 3.67. The molecule has 7 heteroatoms. The van der Waals surface area contributed by atoms with Crippen molar-refractivity contribution >= 4 is 17.5 Å². The Morgan fingerprint density at radius 3 is 2.81 bits per heavy atom. The lowest BCUT2D eigenvalue weighted by molar-refractivity contribution is -0.386. The SMILES string of the molecule is COc1cc(/C=C2/CCOc3c(C)cccc3C2=O)cc([N+](=O)[O-])c1O. The van der Waals surface area contributed by atoms with Crippen LogP contribution in [0.2, 0.25) is 0 Å². The summed E-state index contributed by atoms with van der Waals surface area (Å²) in [5, 5.41) is 21.0. The highest BCUT2D eigenvalue weighted by molar-refractivity contribution is 6.13. The molecule has 1 aliphatic rings. The molecule has 2 aromatic carbocycles. The van der Waals surface area contributed by atoms with E-state index in [1.54, 1.807) is 18.2 Å². The van der Waals surface area contributed by atoms with Crippen LogP contribution in [0.1, 0.15) is 27.9 Å². The van der Waals surface area contributed by atoms with Crippen molar-refractivity contribution in [3.63, 3.8) is 0 Å². The van der Waals surface area contributed by atoms with Crippen molar-refractivity contribution in [3.05, 3.63) is 62.7 Å². The van der Waals surface area contributed by atoms with E-state index in [0.717, 1.165) is 5.56 Å². The largest absolute Gasteiger partial charge is 0.500 e. The number of phenols is 1. The molecule has 0 saturated heterocycles. The van der Waals surface area contributed by atoms with Crippen molar-refractivity contribution in [1.82, 2.24) is 0 Å². The Morgan fingerprint density at radius 2 is 2.12 bits per heavy atom. The van der Waals surface area contributed by atoms with Crippen molar-refractivity contribution in [2.24, 2.45) is 0 Å². The molecule has 26 heavy (non-hydrogen) atoms. The standard InChI is InChI=1S/C19H17NO6/c1-11-4-3-5-14-17(21)13(6-7-26-19(11)14)8-12-9-15(20(23)24)18(22)16(10-12)25-2/h3-5,8-10,22H,6-7H2,1-2H3/b13-8-. The maximum absolute atomic E-state index is 12.9. The van der Waals surface area contributed by atoms with Gasteiger partial charge in [-0.1, -0.05) is 12.1 Å². The molecule has 3 rings (SSSR count). The highest BCUT2D eigenvalue weighted by Crippen LogP contribution is 2.38. The minimum absolute atomic E-state index is 0.0281. The summed E-state index contributed by atoms with van der Waals surface area (Å²) in [7, 11) is 1.30. The molecule has 0 aliphatic carbocycles. The topological polar surface area (TPSA) is 98.9 Å². The van der Waals surface area contributed by atoms with E-state index in [1.165, 1.54) is 19.2 Å². The Labute approximate surface area is 149 Å². The molecular weight excluding hydrogens is 338 g/mol. The fraction of sp³-hybridized carbons (Fsp3) is 0.211. The lowest BCUT2D eigenvalue weighted by Gasteiger charge is -2.08. The van der Waals surface area contributed by atoms with Crippen LogP contribution in [0, 0.1) is 17.0 Å². The molecule has 0 amide bonds. The zero-order valence-electron chi connectivity index (χ0n) is 14.3. The number of para-hydroxylation sites is 1. The third kappa shape index (κ3) is 3.11. The van der Waals surface area contributed by atoms with Crippen molar-refractivity contribution < 1.29 is 24.3 Å². The number of benzene rings is 2. The zero-order valence-corrected chi connectivity index (χ0v) is 14.3. The van der Waals surface area contributed by atoms with Gasteiger partial charge in [-0.15, -0.1) is 0 Å². The normalized spacial score (nSPS) is 15.2. The number of hydrogen-bond donors (Lipinski definition) is 1. The molecule has 0 unspecified atom stereocenters. The second-order valence-electron chi connectivity index (χ2n) is 5.90. The molecule has 1 N–H and O–H groups in total. The fourth-order valence-electron chi connectivity index (χ4n) is 2.90. The Balaban J connectivity index is 2.09. The summed E-state index contributed by atoms with van der Waals surface area (Å²) in [6.07, 6.45) is 1.93. The molecule has 0 spiro atoms. The third-order valence-corrected chi connectivity index (χ3v) is 4.20. The molecule has 0 atom stereocenters. The Bertz CT molecular complexity index is 932. The number of ketones is 1. The Kier molecular flexibility index (Phi) is 4.62. The number of hydrogen-bond acceptors (Lipinski definition) is 6. The van der Waals surface area contributed by atoms with Crippen LogP contribution in [0.4, 0.5) is 5.69 Å². The van der Waals surface area contributed by atoms with Crippen LogP contribution < -0.4 is 9.47 Å². The van der Waals surface area contributed by atoms with Crippen LogP contribution in [0.25, 0.3) is 6.08 Å². The van der Waals surface area contributed by atoms with E-state index in [9.17, 15) is 20.0 Å². The van der Waals surface area contributed by atoms with E-state index in [1.807, 2.05) is 13.0 Å². The Morgan fingerprint density at radius 1 is 1.35 bits per heavy atom. The predicted molar refractivity (Wildman–Crippen MR) is 94.9 cm³/mol. The van der Waals surface area contributed by atoms with Gasteiger partial charge in [0, 0.05) is 18.1 Å². The number of aryl methyl sites for hydroxylation is 1. The number of fused-ring (bicyclic) bond motifs is 1. The minimum Gasteiger partial charge on any atom is -0.500 e. The summed E-state index contributed by atoms with van der Waals surface area (Å²) in [6, 6.07) is 8.01. The van der Waals surface area contributed by atoms with E-state index in [4.69, 9.17) is 9.47 Å². The molecule has 1 aliphatic heterocycles. The first-order valence-corrected chi connectivity index (χ1v) is 7.95. The number of Topliss-reactive ketones (excluding diaryl/α,β-unsaturated/α-hetero) is 1. The fourth-order valence-corrected chi connectivity index (χ4v) is 2.90. The van der Waals surface area contributed by atoms with Crippen molar-refractivity contribution in [2.75, 3.05) is 13.7 Å². The van der Waals surface area contributed by atoms with Crippen LogP contribution in [0.3, 0.4) is 0 Å². The maximum Gasteiger partial charge on any atom is 0.315 e. The van der Waals surface area contributed by atoms with Crippen molar-refractivity contribution in [2.45, 2.75) is 13.3 Å². The molecule has 1 heterocycles. The summed E-state index contributed by atoms with van der Waals surface area (Å²) in [6.45, 7) is 2.20. The quantitative estimate of drug-likeness (QED) is 0.512. The van der Waals surface area contributed by atoms with E-state index < -0.39 is 16.4 Å². The van der Waals surface area contributed by atoms with E-state index in [2.05, 4.69) is 0 Å².